The van der Waals surface area contributed by atoms with Crippen LogP contribution in [0.2, 0.25) is 0 Å². The Kier molecular flexibility index (Phi) is 2.95. The highest BCUT2D eigenvalue weighted by atomic mass is 35.5. The molecule has 1 heterocycles. The van der Waals surface area contributed by atoms with Crippen molar-refractivity contribution in [2.24, 2.45) is 0 Å². The number of alkyl halides is 3. The highest BCUT2D eigenvalue weighted by Crippen LogP contribution is 2.20. The number of halogens is 4. The van der Waals surface area contributed by atoms with E-state index in [0.29, 0.717) is 0 Å². The molecule has 0 fully saturated rings. The molecular weight excluding hydrogens is 223 g/mol. The second-order valence-electron chi connectivity index (χ2n) is 2.18. The maximum Gasteiger partial charge on any atom is 0.574 e. The zero-order valence-corrected chi connectivity index (χ0v) is 7.26. The summed E-state index contributed by atoms with van der Waals surface area (Å²) in [6, 6.07) is 3.33. The molecule has 1 aromatic rings. The molecule has 0 bridgehead atoms. The van der Waals surface area contributed by atoms with Gasteiger partial charge in [-0.3, -0.25) is 4.79 Å². The molecule has 76 valence electrons. The standard InChI is InChI=1S/C7H3ClF3NO2/c8-6(13)4-2-1-3-5(12-4)14-7(9,10)11/h1-3H. The first-order chi connectivity index (χ1) is 6.38. The van der Waals surface area contributed by atoms with Gasteiger partial charge in [0.25, 0.3) is 5.24 Å². The lowest BCUT2D eigenvalue weighted by Crippen LogP contribution is -2.18. The molecule has 0 aliphatic carbocycles. The third-order valence-corrected chi connectivity index (χ3v) is 1.34. The van der Waals surface area contributed by atoms with Crippen LogP contribution in [0.25, 0.3) is 0 Å². The van der Waals surface area contributed by atoms with E-state index in [1.165, 1.54) is 12.1 Å². The third kappa shape index (κ3) is 3.21. The minimum absolute atomic E-state index is 0.298. The molecule has 14 heavy (non-hydrogen) atoms. The summed E-state index contributed by atoms with van der Waals surface area (Å²) in [6.45, 7) is 0. The monoisotopic (exact) mass is 225 g/mol. The quantitative estimate of drug-likeness (QED) is 0.726. The molecule has 0 saturated carbocycles. The van der Waals surface area contributed by atoms with Gasteiger partial charge < -0.3 is 4.74 Å². The number of nitrogens with zero attached hydrogens (tertiary/aromatic N) is 1. The number of hydrogen-bond donors (Lipinski definition) is 0. The Morgan fingerprint density at radius 3 is 2.57 bits per heavy atom. The first-order valence-electron chi connectivity index (χ1n) is 3.31. The Morgan fingerprint density at radius 1 is 1.43 bits per heavy atom. The Bertz CT molecular complexity index is 353. The number of ether oxygens (including phenoxy) is 1. The predicted octanol–water partition coefficient (Wildman–Crippen LogP) is 2.36. The van der Waals surface area contributed by atoms with Crippen molar-refractivity contribution >= 4 is 16.8 Å². The van der Waals surface area contributed by atoms with Crippen LogP contribution in [0.4, 0.5) is 13.2 Å². The van der Waals surface area contributed by atoms with Crippen molar-refractivity contribution in [3.63, 3.8) is 0 Å². The van der Waals surface area contributed by atoms with Gasteiger partial charge in [-0.15, -0.1) is 13.2 Å². The molecule has 0 aromatic carbocycles. The SMILES string of the molecule is O=C(Cl)c1cccc(OC(F)(F)F)n1. The van der Waals surface area contributed by atoms with E-state index < -0.39 is 17.5 Å². The number of carbonyl (C=O) groups excluding carboxylic acids is 1. The number of aromatic nitrogens is 1. The number of hydrogen-bond acceptors (Lipinski definition) is 3. The maximum absolute atomic E-state index is 11.7. The molecule has 0 N–H and O–H groups in total. The first-order valence-corrected chi connectivity index (χ1v) is 3.69. The molecular formula is C7H3ClF3NO2. The number of carbonyl (C=O) groups is 1. The lowest BCUT2D eigenvalue weighted by atomic mass is 10.4. The number of rotatable bonds is 2. The molecule has 0 amide bonds. The fourth-order valence-electron chi connectivity index (χ4n) is 0.700. The Balaban J connectivity index is 2.89. The maximum atomic E-state index is 11.7. The Labute approximate surface area is 81.5 Å². The van der Waals surface area contributed by atoms with Crippen molar-refractivity contribution in [1.29, 1.82) is 0 Å². The Hall–Kier alpha value is -1.30. The zero-order valence-electron chi connectivity index (χ0n) is 6.51. The van der Waals surface area contributed by atoms with Crippen molar-refractivity contribution in [1.82, 2.24) is 4.98 Å². The molecule has 0 saturated heterocycles. The van der Waals surface area contributed by atoms with Gasteiger partial charge in [-0.2, -0.15) is 0 Å². The van der Waals surface area contributed by atoms with E-state index in [0.717, 1.165) is 6.07 Å². The van der Waals surface area contributed by atoms with Crippen molar-refractivity contribution in [3.8, 4) is 5.88 Å². The summed E-state index contributed by atoms with van der Waals surface area (Å²) in [4.78, 5) is 13.8. The molecule has 0 radical (unpaired) electrons. The van der Waals surface area contributed by atoms with Gasteiger partial charge in [0, 0.05) is 6.07 Å². The molecule has 0 aliphatic rings. The first kappa shape index (κ1) is 10.8. The van der Waals surface area contributed by atoms with E-state index in [4.69, 9.17) is 11.6 Å². The summed E-state index contributed by atoms with van der Waals surface area (Å²) in [5.74, 6) is -0.719. The lowest BCUT2D eigenvalue weighted by molar-refractivity contribution is -0.276. The average molecular weight is 226 g/mol. The molecule has 1 rings (SSSR count). The van der Waals surface area contributed by atoms with E-state index in [9.17, 15) is 18.0 Å². The van der Waals surface area contributed by atoms with Gasteiger partial charge in [-0.25, -0.2) is 4.98 Å². The molecule has 0 aliphatic heterocycles. The van der Waals surface area contributed by atoms with Crippen LogP contribution in [-0.4, -0.2) is 16.6 Å². The summed E-state index contributed by atoms with van der Waals surface area (Å²) < 4.78 is 38.6. The van der Waals surface area contributed by atoms with Gasteiger partial charge in [-0.1, -0.05) is 6.07 Å². The van der Waals surface area contributed by atoms with Crippen molar-refractivity contribution in [3.05, 3.63) is 23.9 Å². The van der Waals surface area contributed by atoms with E-state index in [-0.39, 0.29) is 5.69 Å². The van der Waals surface area contributed by atoms with Gasteiger partial charge >= 0.3 is 6.36 Å². The molecule has 0 unspecified atom stereocenters. The second-order valence-corrected chi connectivity index (χ2v) is 2.53. The van der Waals surface area contributed by atoms with Crippen LogP contribution in [0.5, 0.6) is 5.88 Å². The van der Waals surface area contributed by atoms with Crippen LogP contribution >= 0.6 is 11.6 Å². The summed E-state index contributed by atoms with van der Waals surface area (Å²) >= 11 is 5.01. The highest BCUT2D eigenvalue weighted by Gasteiger charge is 2.31. The molecule has 0 spiro atoms. The summed E-state index contributed by atoms with van der Waals surface area (Å²) in [5, 5.41) is -0.947. The molecule has 1 aromatic heterocycles. The predicted molar refractivity (Wildman–Crippen MR) is 41.1 cm³/mol. The lowest BCUT2D eigenvalue weighted by Gasteiger charge is -2.07. The minimum Gasteiger partial charge on any atom is -0.388 e. The van der Waals surface area contributed by atoms with Crippen LogP contribution in [-0.2, 0) is 0 Å². The van der Waals surface area contributed by atoms with Gasteiger partial charge in [0.05, 0.1) is 0 Å². The third-order valence-electron chi connectivity index (χ3n) is 1.15. The van der Waals surface area contributed by atoms with Crippen molar-refractivity contribution in [2.45, 2.75) is 6.36 Å². The van der Waals surface area contributed by atoms with Crippen LogP contribution < -0.4 is 4.74 Å². The highest BCUT2D eigenvalue weighted by molar-refractivity contribution is 6.67. The van der Waals surface area contributed by atoms with E-state index >= 15 is 0 Å². The topological polar surface area (TPSA) is 39.2 Å². The van der Waals surface area contributed by atoms with E-state index in [2.05, 4.69) is 9.72 Å². The van der Waals surface area contributed by atoms with Crippen molar-refractivity contribution in [2.75, 3.05) is 0 Å². The average Bonchev–Trinajstić information content (AvgIpc) is 2.01. The van der Waals surface area contributed by atoms with Gasteiger partial charge in [0.1, 0.15) is 5.69 Å². The van der Waals surface area contributed by atoms with E-state index in [1.807, 2.05) is 0 Å². The smallest absolute Gasteiger partial charge is 0.388 e. The Morgan fingerprint density at radius 2 is 2.07 bits per heavy atom. The van der Waals surface area contributed by atoms with Gasteiger partial charge in [-0.05, 0) is 17.7 Å². The summed E-state index contributed by atoms with van der Waals surface area (Å²) in [5.41, 5.74) is -0.298. The van der Waals surface area contributed by atoms with Crippen LogP contribution in [0.15, 0.2) is 18.2 Å². The largest absolute Gasteiger partial charge is 0.574 e. The zero-order chi connectivity index (χ0) is 10.8. The molecule has 7 heteroatoms. The van der Waals surface area contributed by atoms with Crippen molar-refractivity contribution < 1.29 is 22.7 Å². The fraction of sp³-hybridized carbons (Fsp3) is 0.143. The van der Waals surface area contributed by atoms with Crippen LogP contribution in [0, 0.1) is 0 Å². The van der Waals surface area contributed by atoms with E-state index in [1.54, 1.807) is 0 Å². The number of pyridine rings is 1. The van der Waals surface area contributed by atoms with Crippen LogP contribution in [0.1, 0.15) is 10.5 Å². The second kappa shape index (κ2) is 3.83. The summed E-state index contributed by atoms with van der Waals surface area (Å²) in [7, 11) is 0. The normalized spacial score (nSPS) is 11.1. The minimum atomic E-state index is -4.83. The van der Waals surface area contributed by atoms with Gasteiger partial charge in [0.15, 0.2) is 0 Å². The molecule has 3 nitrogen and oxygen atoms in total. The summed E-state index contributed by atoms with van der Waals surface area (Å²) in [6.07, 6.45) is -4.83. The fourth-order valence-corrected chi connectivity index (χ4v) is 0.805. The molecule has 0 atom stereocenters. The van der Waals surface area contributed by atoms with Gasteiger partial charge in [0.2, 0.25) is 5.88 Å². The van der Waals surface area contributed by atoms with Crippen LogP contribution in [0.3, 0.4) is 0 Å².